The first-order valence-electron chi connectivity index (χ1n) is 5.34. The lowest BCUT2D eigenvalue weighted by Gasteiger charge is -2.17. The van der Waals surface area contributed by atoms with Gasteiger partial charge in [0.25, 0.3) is 0 Å². The van der Waals surface area contributed by atoms with Crippen molar-refractivity contribution in [3.05, 3.63) is 0 Å². The molecule has 0 radical (unpaired) electrons. The molecule has 0 aromatic heterocycles. The highest BCUT2D eigenvalue weighted by Gasteiger charge is 2.16. The molecule has 0 aliphatic rings. The second-order valence-electron chi connectivity index (χ2n) is 3.66. The molecule has 4 nitrogen and oxygen atoms in total. The molecule has 0 aromatic rings. The number of hydrogen-bond donors (Lipinski definition) is 2. The summed E-state index contributed by atoms with van der Waals surface area (Å²) < 4.78 is 10.3. The van der Waals surface area contributed by atoms with Crippen LogP contribution in [0.2, 0.25) is 0 Å². The lowest BCUT2D eigenvalue weighted by molar-refractivity contribution is 0.160. The molecule has 0 aromatic carbocycles. The smallest absolute Gasteiger partial charge is 0.324 e. The second-order valence-corrected chi connectivity index (χ2v) is 6.45. The molecule has 0 bridgehead atoms. The van der Waals surface area contributed by atoms with Crippen LogP contribution in [0.4, 0.5) is 0 Å². The molecule has 0 saturated heterocycles. The summed E-state index contributed by atoms with van der Waals surface area (Å²) in [6, 6.07) is 0. The van der Waals surface area contributed by atoms with Crippen LogP contribution in [0.15, 0.2) is 0 Å². The SMILES string of the molecule is CC(C)OP(O)(=S)OCCCCCCN. The highest BCUT2D eigenvalue weighted by Crippen LogP contribution is 2.44. The van der Waals surface area contributed by atoms with Crippen LogP contribution in [0, 0.1) is 0 Å². The molecule has 0 heterocycles. The third-order valence-corrected chi connectivity index (χ3v) is 3.47. The van der Waals surface area contributed by atoms with Crippen LogP contribution in [0.25, 0.3) is 0 Å². The third-order valence-electron chi connectivity index (χ3n) is 1.70. The summed E-state index contributed by atoms with van der Waals surface area (Å²) in [4.78, 5) is 9.55. The molecule has 0 amide bonds. The van der Waals surface area contributed by atoms with Crippen LogP contribution < -0.4 is 5.73 Å². The third kappa shape index (κ3) is 10.8. The number of nitrogens with two attached hydrogens (primary N) is 1. The summed E-state index contributed by atoms with van der Waals surface area (Å²) in [5.74, 6) is 0. The Morgan fingerprint density at radius 2 is 1.87 bits per heavy atom. The normalized spacial score (nSPS) is 15.5. The molecule has 3 N–H and O–H groups in total. The van der Waals surface area contributed by atoms with Gasteiger partial charge in [0.1, 0.15) is 0 Å². The predicted octanol–water partition coefficient (Wildman–Crippen LogP) is 2.16. The van der Waals surface area contributed by atoms with Gasteiger partial charge in [-0.2, -0.15) is 0 Å². The molecule has 0 fully saturated rings. The largest absolute Gasteiger partial charge is 0.330 e. The fraction of sp³-hybridized carbons (Fsp3) is 1.00. The lowest BCUT2D eigenvalue weighted by Crippen LogP contribution is -2.03. The highest BCUT2D eigenvalue weighted by molar-refractivity contribution is 8.07. The molecular formula is C9H22NO3PS. The molecule has 0 saturated carbocycles. The fourth-order valence-electron chi connectivity index (χ4n) is 1.08. The monoisotopic (exact) mass is 255 g/mol. The van der Waals surface area contributed by atoms with Gasteiger partial charge in [0.05, 0.1) is 12.7 Å². The summed E-state index contributed by atoms with van der Waals surface area (Å²) >= 11 is 4.82. The van der Waals surface area contributed by atoms with Crippen LogP contribution in [-0.2, 0) is 20.9 Å². The van der Waals surface area contributed by atoms with Gasteiger partial charge in [0, 0.05) is 0 Å². The molecule has 6 heteroatoms. The van der Waals surface area contributed by atoms with E-state index in [9.17, 15) is 4.89 Å². The molecular weight excluding hydrogens is 233 g/mol. The van der Waals surface area contributed by atoms with Gasteiger partial charge >= 0.3 is 6.72 Å². The van der Waals surface area contributed by atoms with Crippen molar-refractivity contribution < 1.29 is 13.9 Å². The topological polar surface area (TPSA) is 64.7 Å². The van der Waals surface area contributed by atoms with E-state index in [4.69, 9.17) is 26.6 Å². The van der Waals surface area contributed by atoms with Crippen LogP contribution in [0.5, 0.6) is 0 Å². The van der Waals surface area contributed by atoms with Crippen molar-refractivity contribution in [1.82, 2.24) is 0 Å². The fourth-order valence-corrected chi connectivity index (χ4v) is 2.77. The van der Waals surface area contributed by atoms with Gasteiger partial charge in [-0.3, -0.25) is 0 Å². The van der Waals surface area contributed by atoms with E-state index in [1.807, 2.05) is 13.8 Å². The Hall–Kier alpha value is 0.490. The van der Waals surface area contributed by atoms with Crippen LogP contribution >= 0.6 is 6.72 Å². The summed E-state index contributed by atoms with van der Waals surface area (Å²) in [6.45, 7) is 1.84. The number of rotatable bonds is 9. The van der Waals surface area contributed by atoms with Crippen molar-refractivity contribution in [2.24, 2.45) is 5.73 Å². The van der Waals surface area contributed by atoms with Crippen molar-refractivity contribution >= 4 is 18.5 Å². The Kier molecular flexibility index (Phi) is 8.90. The summed E-state index contributed by atoms with van der Waals surface area (Å²) in [5.41, 5.74) is 5.36. The molecule has 0 aliphatic heterocycles. The Labute approximate surface area is 97.4 Å². The molecule has 1 atom stereocenters. The number of unbranched alkanes of at least 4 members (excludes halogenated alkanes) is 3. The average Bonchev–Trinajstić information content (AvgIpc) is 2.08. The summed E-state index contributed by atoms with van der Waals surface area (Å²) in [6.07, 6.45) is 3.97. The van der Waals surface area contributed by atoms with Crippen molar-refractivity contribution in [3.8, 4) is 0 Å². The highest BCUT2D eigenvalue weighted by atomic mass is 32.5. The Morgan fingerprint density at radius 3 is 2.40 bits per heavy atom. The maximum atomic E-state index is 9.55. The van der Waals surface area contributed by atoms with Gasteiger partial charge in [0.15, 0.2) is 0 Å². The standard InChI is InChI=1S/C9H22NO3PS/c1-9(2)13-14(11,15)12-8-6-4-3-5-7-10/h9H,3-8,10H2,1-2H3,(H,11,15). The van der Waals surface area contributed by atoms with Gasteiger partial charge in [-0.25, -0.2) is 0 Å². The van der Waals surface area contributed by atoms with Crippen molar-refractivity contribution in [2.75, 3.05) is 13.2 Å². The zero-order valence-corrected chi connectivity index (χ0v) is 11.2. The molecule has 92 valence electrons. The Bertz CT molecular complexity index is 202. The maximum Gasteiger partial charge on any atom is 0.324 e. The van der Waals surface area contributed by atoms with E-state index in [0.717, 1.165) is 32.2 Å². The molecule has 0 rings (SSSR count). The zero-order chi connectivity index (χ0) is 11.7. The van der Waals surface area contributed by atoms with Crippen molar-refractivity contribution in [2.45, 2.75) is 45.6 Å². The van der Waals surface area contributed by atoms with E-state index in [0.29, 0.717) is 6.61 Å². The summed E-state index contributed by atoms with van der Waals surface area (Å²) in [5, 5.41) is 0. The van der Waals surface area contributed by atoms with Crippen LogP contribution in [0.3, 0.4) is 0 Å². The average molecular weight is 255 g/mol. The Morgan fingerprint density at radius 1 is 1.27 bits per heavy atom. The zero-order valence-electron chi connectivity index (χ0n) is 9.52. The van der Waals surface area contributed by atoms with E-state index < -0.39 is 6.72 Å². The van der Waals surface area contributed by atoms with Gasteiger partial charge in [-0.1, -0.05) is 12.8 Å². The van der Waals surface area contributed by atoms with Gasteiger partial charge < -0.3 is 19.7 Å². The van der Waals surface area contributed by atoms with E-state index in [2.05, 4.69) is 0 Å². The summed E-state index contributed by atoms with van der Waals surface area (Å²) in [7, 11) is 0. The lowest BCUT2D eigenvalue weighted by atomic mass is 10.2. The Balaban J connectivity index is 3.45. The van der Waals surface area contributed by atoms with Gasteiger partial charge in [-0.05, 0) is 45.0 Å². The maximum absolute atomic E-state index is 9.55. The van der Waals surface area contributed by atoms with Gasteiger partial charge in [0.2, 0.25) is 0 Å². The first-order valence-corrected chi connectivity index (χ1v) is 7.93. The van der Waals surface area contributed by atoms with Gasteiger partial charge in [-0.15, -0.1) is 0 Å². The van der Waals surface area contributed by atoms with Crippen LogP contribution in [0.1, 0.15) is 39.5 Å². The molecule has 1 unspecified atom stereocenters. The number of hydrogen-bond acceptors (Lipinski definition) is 4. The minimum absolute atomic E-state index is 0.0990. The van der Waals surface area contributed by atoms with E-state index in [1.54, 1.807) is 0 Å². The molecule has 0 spiro atoms. The van der Waals surface area contributed by atoms with E-state index in [1.165, 1.54) is 0 Å². The van der Waals surface area contributed by atoms with E-state index >= 15 is 0 Å². The minimum Gasteiger partial charge on any atom is -0.330 e. The second kappa shape index (κ2) is 8.62. The first-order chi connectivity index (χ1) is 6.98. The van der Waals surface area contributed by atoms with Crippen LogP contribution in [-0.4, -0.2) is 24.1 Å². The predicted molar refractivity (Wildman–Crippen MR) is 66.2 cm³/mol. The minimum atomic E-state index is -3.00. The molecule has 15 heavy (non-hydrogen) atoms. The first kappa shape index (κ1) is 15.5. The molecule has 0 aliphatic carbocycles. The quantitative estimate of drug-likeness (QED) is 0.488. The van der Waals surface area contributed by atoms with E-state index in [-0.39, 0.29) is 6.10 Å². The van der Waals surface area contributed by atoms with Crippen molar-refractivity contribution in [3.63, 3.8) is 0 Å². The van der Waals surface area contributed by atoms with Crippen molar-refractivity contribution in [1.29, 1.82) is 0 Å².